The number of anilines is 1. The van der Waals surface area contributed by atoms with Crippen LogP contribution < -0.4 is 5.32 Å². The van der Waals surface area contributed by atoms with E-state index in [4.69, 9.17) is 23.2 Å². The lowest BCUT2D eigenvalue weighted by Crippen LogP contribution is -2.08. The number of halogens is 2. The molecule has 90 valence electrons. The van der Waals surface area contributed by atoms with Crippen molar-refractivity contribution in [1.29, 1.82) is 0 Å². The first kappa shape index (κ1) is 12.1. The summed E-state index contributed by atoms with van der Waals surface area (Å²) in [7, 11) is 0. The molecule has 0 amide bonds. The topological polar surface area (TPSA) is 55.6 Å². The van der Waals surface area contributed by atoms with Crippen molar-refractivity contribution >= 4 is 29.2 Å². The Hall–Kier alpha value is -1.33. The van der Waals surface area contributed by atoms with Crippen LogP contribution in [-0.2, 0) is 13.1 Å². The maximum Gasteiger partial charge on any atom is 0.243 e. The van der Waals surface area contributed by atoms with Crippen molar-refractivity contribution in [2.24, 2.45) is 0 Å². The molecule has 0 spiro atoms. The molecule has 1 aromatic heterocycles. The van der Waals surface area contributed by atoms with Gasteiger partial charge in [-0.2, -0.15) is 0 Å². The first-order valence-electron chi connectivity index (χ1n) is 5.15. The Morgan fingerprint density at radius 1 is 1.35 bits per heavy atom. The molecule has 0 unspecified atom stereocenters. The summed E-state index contributed by atoms with van der Waals surface area (Å²) in [6.45, 7) is 3.20. The molecule has 7 heteroatoms. The molecule has 0 aliphatic heterocycles. The normalized spacial score (nSPS) is 10.5. The maximum atomic E-state index is 6.08. The van der Waals surface area contributed by atoms with Crippen LogP contribution in [0.3, 0.4) is 0 Å². The van der Waals surface area contributed by atoms with Crippen molar-refractivity contribution in [3.63, 3.8) is 0 Å². The number of aromatic nitrogens is 4. The summed E-state index contributed by atoms with van der Waals surface area (Å²) in [6.07, 6.45) is 0. The summed E-state index contributed by atoms with van der Waals surface area (Å²) < 4.78 is 1.67. The van der Waals surface area contributed by atoms with Crippen LogP contribution in [0.5, 0.6) is 0 Å². The first-order chi connectivity index (χ1) is 8.22. The highest BCUT2D eigenvalue weighted by Crippen LogP contribution is 2.25. The molecule has 0 fully saturated rings. The largest absolute Gasteiger partial charge is 0.349 e. The number of nitrogens with one attached hydrogen (secondary N) is 1. The molecule has 0 radical (unpaired) electrons. The summed E-state index contributed by atoms with van der Waals surface area (Å²) in [5.41, 5.74) is 0.907. The van der Waals surface area contributed by atoms with Crippen LogP contribution in [0.2, 0.25) is 10.0 Å². The molecule has 1 heterocycles. The molecule has 0 saturated heterocycles. The van der Waals surface area contributed by atoms with Crippen molar-refractivity contribution < 1.29 is 0 Å². The van der Waals surface area contributed by atoms with E-state index in [2.05, 4.69) is 20.8 Å². The van der Waals surface area contributed by atoms with Gasteiger partial charge in [0.15, 0.2) is 0 Å². The van der Waals surface area contributed by atoms with Crippen LogP contribution in [0.15, 0.2) is 18.2 Å². The summed E-state index contributed by atoms with van der Waals surface area (Å²) in [5.74, 6) is 0.614. The zero-order valence-electron chi connectivity index (χ0n) is 9.19. The average Bonchev–Trinajstić information content (AvgIpc) is 2.78. The predicted molar refractivity (Wildman–Crippen MR) is 67.3 cm³/mol. The van der Waals surface area contributed by atoms with Crippen molar-refractivity contribution in [2.75, 3.05) is 5.32 Å². The van der Waals surface area contributed by atoms with E-state index >= 15 is 0 Å². The molecular weight excluding hydrogens is 261 g/mol. The first-order valence-corrected chi connectivity index (χ1v) is 5.91. The van der Waals surface area contributed by atoms with Crippen LogP contribution in [0.4, 0.5) is 5.95 Å². The third kappa shape index (κ3) is 2.68. The second-order valence-electron chi connectivity index (χ2n) is 3.38. The third-order valence-electron chi connectivity index (χ3n) is 2.30. The van der Waals surface area contributed by atoms with Crippen LogP contribution in [0, 0.1) is 0 Å². The SMILES string of the molecule is CCn1nnnc1NCc1cccc(Cl)c1Cl. The second kappa shape index (κ2) is 5.33. The summed E-state index contributed by atoms with van der Waals surface area (Å²) in [5, 5.41) is 15.5. The molecule has 1 aromatic carbocycles. The standard InChI is InChI=1S/C10H11Cl2N5/c1-2-17-10(14-15-16-17)13-6-7-4-3-5-8(11)9(7)12/h3-5H,2,6H2,1H3,(H,13,14,16). The fraction of sp³-hybridized carbons (Fsp3) is 0.300. The Balaban J connectivity index is 2.10. The molecule has 2 rings (SSSR count). The Bertz CT molecular complexity index is 511. The molecule has 0 saturated carbocycles. The van der Waals surface area contributed by atoms with Crippen molar-refractivity contribution in [3.05, 3.63) is 33.8 Å². The van der Waals surface area contributed by atoms with Gasteiger partial charge in [0.1, 0.15) is 0 Å². The molecule has 5 nitrogen and oxygen atoms in total. The van der Waals surface area contributed by atoms with Gasteiger partial charge in [0.05, 0.1) is 10.0 Å². The van der Waals surface area contributed by atoms with Gasteiger partial charge in [0, 0.05) is 13.1 Å². The molecule has 17 heavy (non-hydrogen) atoms. The van der Waals surface area contributed by atoms with Gasteiger partial charge in [-0.05, 0) is 29.0 Å². The van der Waals surface area contributed by atoms with Gasteiger partial charge < -0.3 is 5.32 Å². The molecular formula is C10H11Cl2N5. The Morgan fingerprint density at radius 3 is 2.94 bits per heavy atom. The zero-order valence-corrected chi connectivity index (χ0v) is 10.7. The van der Waals surface area contributed by atoms with Crippen molar-refractivity contribution in [1.82, 2.24) is 20.2 Å². The van der Waals surface area contributed by atoms with E-state index in [1.165, 1.54) is 0 Å². The minimum atomic E-state index is 0.528. The molecule has 0 atom stereocenters. The fourth-order valence-corrected chi connectivity index (χ4v) is 1.79. The Kier molecular flexibility index (Phi) is 3.81. The highest BCUT2D eigenvalue weighted by Gasteiger charge is 2.07. The summed E-state index contributed by atoms with van der Waals surface area (Å²) in [4.78, 5) is 0. The fourth-order valence-electron chi connectivity index (χ4n) is 1.40. The van der Waals surface area contributed by atoms with Crippen LogP contribution in [-0.4, -0.2) is 20.2 Å². The number of benzene rings is 1. The second-order valence-corrected chi connectivity index (χ2v) is 4.17. The minimum Gasteiger partial charge on any atom is -0.349 e. The van der Waals surface area contributed by atoms with Gasteiger partial charge >= 0.3 is 0 Å². The van der Waals surface area contributed by atoms with Crippen molar-refractivity contribution in [3.8, 4) is 0 Å². The molecule has 0 aliphatic carbocycles. The van der Waals surface area contributed by atoms with Crippen LogP contribution in [0.25, 0.3) is 0 Å². The Labute approximate surface area is 109 Å². The quantitative estimate of drug-likeness (QED) is 0.929. The molecule has 0 bridgehead atoms. The smallest absolute Gasteiger partial charge is 0.243 e. The van der Waals surface area contributed by atoms with Gasteiger partial charge in [-0.1, -0.05) is 40.4 Å². The highest BCUT2D eigenvalue weighted by molar-refractivity contribution is 6.42. The van der Waals surface area contributed by atoms with E-state index in [1.54, 1.807) is 10.7 Å². The molecule has 2 aromatic rings. The predicted octanol–water partition coefficient (Wildman–Crippen LogP) is 2.61. The number of hydrogen-bond acceptors (Lipinski definition) is 4. The monoisotopic (exact) mass is 271 g/mol. The van der Waals surface area contributed by atoms with Gasteiger partial charge in [0.2, 0.25) is 5.95 Å². The molecule has 0 aliphatic rings. The lowest BCUT2D eigenvalue weighted by atomic mass is 10.2. The van der Waals surface area contributed by atoms with Gasteiger partial charge in [0.25, 0.3) is 0 Å². The van der Waals surface area contributed by atoms with Crippen LogP contribution >= 0.6 is 23.2 Å². The van der Waals surface area contributed by atoms with E-state index in [9.17, 15) is 0 Å². The lowest BCUT2D eigenvalue weighted by molar-refractivity contribution is 0.629. The zero-order chi connectivity index (χ0) is 12.3. The summed E-state index contributed by atoms with van der Waals surface area (Å²) in [6, 6.07) is 5.51. The number of hydrogen-bond donors (Lipinski definition) is 1. The van der Waals surface area contributed by atoms with Gasteiger partial charge in [-0.15, -0.1) is 0 Å². The van der Waals surface area contributed by atoms with E-state index in [0.29, 0.717) is 29.1 Å². The van der Waals surface area contributed by atoms with Gasteiger partial charge in [-0.25, -0.2) is 4.68 Å². The maximum absolute atomic E-state index is 6.08. The number of aryl methyl sites for hydroxylation is 1. The highest BCUT2D eigenvalue weighted by atomic mass is 35.5. The van der Waals surface area contributed by atoms with E-state index in [1.807, 2.05) is 19.1 Å². The van der Waals surface area contributed by atoms with E-state index in [-0.39, 0.29) is 0 Å². The Morgan fingerprint density at radius 2 is 2.18 bits per heavy atom. The number of rotatable bonds is 4. The van der Waals surface area contributed by atoms with E-state index < -0.39 is 0 Å². The lowest BCUT2D eigenvalue weighted by Gasteiger charge is -2.07. The van der Waals surface area contributed by atoms with Crippen molar-refractivity contribution in [2.45, 2.75) is 20.0 Å². The van der Waals surface area contributed by atoms with Gasteiger partial charge in [-0.3, -0.25) is 0 Å². The number of nitrogens with zero attached hydrogens (tertiary/aromatic N) is 4. The third-order valence-corrected chi connectivity index (χ3v) is 3.16. The van der Waals surface area contributed by atoms with Crippen LogP contribution in [0.1, 0.15) is 12.5 Å². The van der Waals surface area contributed by atoms with E-state index in [0.717, 1.165) is 5.56 Å². The average molecular weight is 272 g/mol. The number of tetrazole rings is 1. The molecule has 1 N–H and O–H groups in total. The minimum absolute atomic E-state index is 0.528. The summed E-state index contributed by atoms with van der Waals surface area (Å²) >= 11 is 12.0.